The van der Waals surface area contributed by atoms with Crippen LogP contribution in [-0.4, -0.2) is 22.4 Å². The van der Waals surface area contributed by atoms with Gasteiger partial charge in [0.25, 0.3) is 5.91 Å². The molecule has 0 N–H and O–H groups in total. The molecule has 30 heavy (non-hydrogen) atoms. The van der Waals surface area contributed by atoms with Crippen LogP contribution >= 0.6 is 11.3 Å². The van der Waals surface area contributed by atoms with Crippen molar-refractivity contribution in [1.29, 1.82) is 0 Å². The fourth-order valence-corrected chi connectivity index (χ4v) is 4.29. The number of hydrogen-bond acceptors (Lipinski definition) is 4. The molecule has 0 aliphatic heterocycles. The van der Waals surface area contributed by atoms with Crippen molar-refractivity contribution >= 4 is 17.2 Å². The van der Waals surface area contributed by atoms with E-state index in [2.05, 4.69) is 29.3 Å². The Morgan fingerprint density at radius 3 is 2.47 bits per heavy atom. The Hall–Kier alpha value is -2.92. The summed E-state index contributed by atoms with van der Waals surface area (Å²) in [7, 11) is 0. The van der Waals surface area contributed by atoms with Crippen molar-refractivity contribution < 1.29 is 9.53 Å². The lowest BCUT2D eigenvalue weighted by molar-refractivity contribution is 0.0735. The third-order valence-electron chi connectivity index (χ3n) is 5.30. The minimum Gasteiger partial charge on any atom is -0.493 e. The number of benzene rings is 1. The molecule has 1 amide bonds. The molecule has 0 radical (unpaired) electrons. The molecule has 3 aromatic rings. The molecule has 4 rings (SSSR count). The third kappa shape index (κ3) is 5.57. The standard InChI is InChI=1S/C25H26N2O2S/c28-25(24-7-4-16-30-24)27(18-21-12-14-26-15-13-21)17-20-8-10-23(11-9-20)29-19-22-5-2-1-3-6-22/h1-2,4,7-16,22H,3,5-6,17-19H2/t22-/m1/s1. The van der Waals surface area contributed by atoms with Gasteiger partial charge in [-0.25, -0.2) is 0 Å². The summed E-state index contributed by atoms with van der Waals surface area (Å²) in [6.45, 7) is 1.86. The molecule has 2 heterocycles. The average Bonchev–Trinajstić information content (AvgIpc) is 3.34. The zero-order chi connectivity index (χ0) is 20.6. The highest BCUT2D eigenvalue weighted by atomic mass is 32.1. The van der Waals surface area contributed by atoms with Gasteiger partial charge in [0.15, 0.2) is 0 Å². The number of aromatic nitrogens is 1. The highest BCUT2D eigenvalue weighted by molar-refractivity contribution is 7.12. The summed E-state index contributed by atoms with van der Waals surface area (Å²) < 4.78 is 5.99. The largest absolute Gasteiger partial charge is 0.493 e. The molecule has 0 fully saturated rings. The quantitative estimate of drug-likeness (QED) is 0.439. The summed E-state index contributed by atoms with van der Waals surface area (Å²) >= 11 is 1.47. The maximum Gasteiger partial charge on any atom is 0.264 e. The number of carbonyl (C=O) groups is 1. The number of amides is 1. The van der Waals surface area contributed by atoms with Crippen LogP contribution in [0.25, 0.3) is 0 Å². The summed E-state index contributed by atoms with van der Waals surface area (Å²) in [6, 6.07) is 15.8. The molecule has 0 bridgehead atoms. The Morgan fingerprint density at radius 2 is 1.80 bits per heavy atom. The predicted molar refractivity (Wildman–Crippen MR) is 121 cm³/mol. The Kier molecular flexibility index (Phi) is 6.93. The van der Waals surface area contributed by atoms with Crippen molar-refractivity contribution in [3.05, 3.63) is 94.5 Å². The Balaban J connectivity index is 1.41. The number of nitrogens with zero attached hydrogens (tertiary/aromatic N) is 2. The molecular formula is C25H26N2O2S. The molecule has 1 atom stereocenters. The lowest BCUT2D eigenvalue weighted by Gasteiger charge is -2.23. The molecule has 0 saturated carbocycles. The van der Waals surface area contributed by atoms with E-state index in [1.165, 1.54) is 17.8 Å². The van der Waals surface area contributed by atoms with Crippen molar-refractivity contribution in [1.82, 2.24) is 9.88 Å². The van der Waals surface area contributed by atoms with Gasteiger partial charge < -0.3 is 9.64 Å². The van der Waals surface area contributed by atoms with Gasteiger partial charge in [-0.15, -0.1) is 11.3 Å². The fraction of sp³-hybridized carbons (Fsp3) is 0.280. The Labute approximate surface area is 181 Å². The number of pyridine rings is 1. The number of carbonyl (C=O) groups excluding carboxylic acids is 1. The summed E-state index contributed by atoms with van der Waals surface area (Å²) in [4.78, 5) is 19.8. The molecule has 0 spiro atoms. The van der Waals surface area contributed by atoms with Crippen LogP contribution in [0.3, 0.4) is 0 Å². The van der Waals surface area contributed by atoms with Gasteiger partial charge in [-0.1, -0.05) is 30.4 Å². The van der Waals surface area contributed by atoms with Crippen LogP contribution in [0.5, 0.6) is 5.75 Å². The molecule has 1 aliphatic carbocycles. The smallest absolute Gasteiger partial charge is 0.264 e. The number of rotatable bonds is 8. The number of ether oxygens (including phenoxy) is 1. The van der Waals surface area contributed by atoms with Crippen molar-refractivity contribution in [3.8, 4) is 5.75 Å². The first-order chi connectivity index (χ1) is 14.8. The fourth-order valence-electron chi connectivity index (χ4n) is 3.60. The van der Waals surface area contributed by atoms with Gasteiger partial charge in [-0.2, -0.15) is 0 Å². The van der Waals surface area contributed by atoms with E-state index in [9.17, 15) is 4.79 Å². The molecule has 0 unspecified atom stereocenters. The van der Waals surface area contributed by atoms with E-state index in [0.29, 0.717) is 19.0 Å². The SMILES string of the molecule is O=C(c1cccs1)N(Cc1ccncc1)Cc1ccc(OC[C@@H]2CC=CCC2)cc1. The van der Waals surface area contributed by atoms with Crippen LogP contribution in [0.4, 0.5) is 0 Å². The zero-order valence-electron chi connectivity index (χ0n) is 16.9. The van der Waals surface area contributed by atoms with Crippen LogP contribution in [0, 0.1) is 5.92 Å². The highest BCUT2D eigenvalue weighted by Crippen LogP contribution is 2.22. The van der Waals surface area contributed by atoms with E-state index < -0.39 is 0 Å². The number of thiophene rings is 1. The van der Waals surface area contributed by atoms with Crippen molar-refractivity contribution in [3.63, 3.8) is 0 Å². The van der Waals surface area contributed by atoms with Gasteiger partial charge >= 0.3 is 0 Å². The van der Waals surface area contributed by atoms with E-state index in [0.717, 1.165) is 41.2 Å². The first-order valence-corrected chi connectivity index (χ1v) is 11.2. The normalized spacial score (nSPS) is 15.7. The number of allylic oxidation sites excluding steroid dienone is 2. The average molecular weight is 419 g/mol. The van der Waals surface area contributed by atoms with E-state index in [4.69, 9.17) is 4.74 Å². The predicted octanol–water partition coefficient (Wildman–Crippen LogP) is 5.72. The Morgan fingerprint density at radius 1 is 1.03 bits per heavy atom. The van der Waals surface area contributed by atoms with E-state index in [-0.39, 0.29) is 5.91 Å². The van der Waals surface area contributed by atoms with Gasteiger partial charge in [0, 0.05) is 25.5 Å². The maximum atomic E-state index is 13.0. The van der Waals surface area contributed by atoms with Gasteiger partial charge in [0.2, 0.25) is 0 Å². The van der Waals surface area contributed by atoms with Crippen LogP contribution in [0.15, 0.2) is 78.5 Å². The molecule has 154 valence electrons. The van der Waals surface area contributed by atoms with Crippen molar-refractivity contribution in [2.75, 3.05) is 6.61 Å². The molecule has 0 saturated heterocycles. The summed E-state index contributed by atoms with van der Waals surface area (Å²) in [6.07, 6.45) is 11.5. The lowest BCUT2D eigenvalue weighted by atomic mass is 9.95. The van der Waals surface area contributed by atoms with Gasteiger partial charge in [-0.05, 0) is 72.0 Å². The maximum absolute atomic E-state index is 13.0. The second-order valence-electron chi connectivity index (χ2n) is 7.60. The van der Waals surface area contributed by atoms with Crippen LogP contribution in [0.1, 0.15) is 40.1 Å². The molecule has 2 aromatic heterocycles. The summed E-state index contributed by atoms with van der Waals surface area (Å²) in [5, 5.41) is 1.94. The summed E-state index contributed by atoms with van der Waals surface area (Å²) in [5.74, 6) is 1.54. The molecular weight excluding hydrogens is 392 g/mol. The van der Waals surface area contributed by atoms with Gasteiger partial charge in [-0.3, -0.25) is 9.78 Å². The van der Waals surface area contributed by atoms with E-state index in [1.807, 2.05) is 46.7 Å². The van der Waals surface area contributed by atoms with Gasteiger partial charge in [0.05, 0.1) is 11.5 Å². The van der Waals surface area contributed by atoms with Crippen molar-refractivity contribution in [2.24, 2.45) is 5.92 Å². The Bertz CT molecular complexity index is 953. The third-order valence-corrected chi connectivity index (χ3v) is 6.16. The van der Waals surface area contributed by atoms with Crippen molar-refractivity contribution in [2.45, 2.75) is 32.4 Å². The molecule has 1 aliphatic rings. The van der Waals surface area contributed by atoms with Crippen LogP contribution in [-0.2, 0) is 13.1 Å². The monoisotopic (exact) mass is 418 g/mol. The molecule has 4 nitrogen and oxygen atoms in total. The number of hydrogen-bond donors (Lipinski definition) is 0. The second-order valence-corrected chi connectivity index (χ2v) is 8.55. The van der Waals surface area contributed by atoms with Crippen LogP contribution in [0.2, 0.25) is 0 Å². The minimum atomic E-state index is 0.0486. The zero-order valence-corrected chi connectivity index (χ0v) is 17.8. The second kappa shape index (κ2) is 10.2. The van der Waals surface area contributed by atoms with Crippen LogP contribution < -0.4 is 4.74 Å². The summed E-state index contributed by atoms with van der Waals surface area (Å²) in [5.41, 5.74) is 2.15. The first kappa shape index (κ1) is 20.4. The molecule has 5 heteroatoms. The minimum absolute atomic E-state index is 0.0486. The first-order valence-electron chi connectivity index (χ1n) is 10.4. The van der Waals surface area contributed by atoms with E-state index in [1.54, 1.807) is 12.4 Å². The topological polar surface area (TPSA) is 42.4 Å². The lowest BCUT2D eigenvalue weighted by Crippen LogP contribution is -2.29. The van der Waals surface area contributed by atoms with E-state index >= 15 is 0 Å². The molecule has 1 aromatic carbocycles. The van der Waals surface area contributed by atoms with Gasteiger partial charge in [0.1, 0.15) is 5.75 Å². The highest BCUT2D eigenvalue weighted by Gasteiger charge is 2.18.